The molecular weight excluding hydrogens is 380 g/mol. The highest BCUT2D eigenvalue weighted by Crippen LogP contribution is 2.30. The zero-order valence-corrected chi connectivity index (χ0v) is 18.0. The van der Waals surface area contributed by atoms with E-state index in [4.69, 9.17) is 0 Å². The van der Waals surface area contributed by atoms with Crippen LogP contribution in [-0.4, -0.2) is 57.0 Å². The van der Waals surface area contributed by atoms with Gasteiger partial charge >= 0.3 is 11.7 Å². The number of aliphatic hydroxyl groups is 1. The summed E-state index contributed by atoms with van der Waals surface area (Å²) >= 11 is 0. The molecule has 7 nitrogen and oxygen atoms in total. The van der Waals surface area contributed by atoms with Crippen LogP contribution >= 0.6 is 0 Å². The number of carbonyl (C=O) groups is 1. The van der Waals surface area contributed by atoms with Crippen molar-refractivity contribution in [3.8, 4) is 0 Å². The Morgan fingerprint density at radius 1 is 1.13 bits per heavy atom. The van der Waals surface area contributed by atoms with Crippen molar-refractivity contribution in [3.05, 3.63) is 34.7 Å². The molecule has 1 aliphatic heterocycles. The monoisotopic (exact) mass is 414 g/mol. The molecule has 0 radical (unpaired) electrons. The van der Waals surface area contributed by atoms with E-state index in [1.54, 1.807) is 4.57 Å². The maximum atomic E-state index is 12.8. The number of fused-ring (bicyclic) bond motifs is 1. The van der Waals surface area contributed by atoms with Gasteiger partial charge in [-0.05, 0) is 63.7 Å². The second-order valence-corrected chi connectivity index (χ2v) is 9.04. The highest BCUT2D eigenvalue weighted by molar-refractivity contribution is 5.89. The van der Waals surface area contributed by atoms with E-state index in [0.717, 1.165) is 63.7 Å². The van der Waals surface area contributed by atoms with Gasteiger partial charge < -0.3 is 15.3 Å². The Morgan fingerprint density at radius 2 is 1.80 bits per heavy atom. The smallest absolute Gasteiger partial charge is 0.337 e. The number of aromatic nitrogens is 2. The Morgan fingerprint density at radius 3 is 2.47 bits per heavy atom. The number of nitrogens with one attached hydrogen (secondary N) is 1. The lowest BCUT2D eigenvalue weighted by Gasteiger charge is -2.40. The minimum atomic E-state index is -0.506. The number of aryl methyl sites for hydroxylation is 1. The average Bonchev–Trinajstić information content (AvgIpc) is 3.04. The number of carbonyl (C=O) groups excluding carboxylic acids is 1. The summed E-state index contributed by atoms with van der Waals surface area (Å²) in [5, 5.41) is 13.8. The van der Waals surface area contributed by atoms with E-state index in [9.17, 15) is 14.7 Å². The first-order valence-electron chi connectivity index (χ1n) is 11.4. The lowest BCUT2D eigenvalue weighted by molar-refractivity contribution is -0.0325. The van der Waals surface area contributed by atoms with E-state index < -0.39 is 5.60 Å². The molecule has 0 bridgehead atoms. The number of piperidine rings is 1. The number of hydrogen-bond acceptors (Lipinski definition) is 4. The molecule has 0 unspecified atom stereocenters. The molecule has 1 saturated heterocycles. The lowest BCUT2D eigenvalue weighted by atomic mass is 9.84. The summed E-state index contributed by atoms with van der Waals surface area (Å²) in [6.07, 6.45) is 7.35. The molecule has 0 atom stereocenters. The molecule has 1 aromatic heterocycles. The molecule has 2 aromatic rings. The third kappa shape index (κ3) is 4.32. The third-order valence-electron chi connectivity index (χ3n) is 6.91. The Hall–Kier alpha value is -2.12. The van der Waals surface area contributed by atoms with Crippen molar-refractivity contribution in [2.75, 3.05) is 26.2 Å². The van der Waals surface area contributed by atoms with Crippen LogP contribution in [0.5, 0.6) is 0 Å². The van der Waals surface area contributed by atoms with Crippen LogP contribution in [0.15, 0.2) is 29.1 Å². The Bertz CT molecular complexity index is 934. The summed E-state index contributed by atoms with van der Waals surface area (Å²) in [5.41, 5.74) is 0.645. The molecule has 1 amide bonds. The standard InChI is InChI=1S/C23H34N4O3/c1-2-26-19-8-4-5-9-20(19)27(22(26)29)21(28)24-16-18-10-14-25(15-11-18)17-23(30)12-6-3-7-13-23/h4-5,8-9,18,30H,2-3,6-7,10-17H2,1H3,(H,24,28). The number of β-amino-alcohol motifs (C(OH)–C–C–N with tert-alkyl or cyclic N) is 1. The molecule has 1 aromatic carbocycles. The van der Waals surface area contributed by atoms with Crippen molar-refractivity contribution in [2.45, 2.75) is 64.0 Å². The predicted octanol–water partition coefficient (Wildman–Crippen LogP) is 2.79. The first-order valence-corrected chi connectivity index (χ1v) is 11.4. The number of nitrogens with zero attached hydrogens (tertiary/aromatic N) is 3. The van der Waals surface area contributed by atoms with Gasteiger partial charge in [0.1, 0.15) is 0 Å². The Balaban J connectivity index is 1.32. The summed E-state index contributed by atoms with van der Waals surface area (Å²) in [5.74, 6) is 0.404. The highest BCUT2D eigenvalue weighted by atomic mass is 16.3. The van der Waals surface area contributed by atoms with Crippen LogP contribution in [0.1, 0.15) is 51.9 Å². The van der Waals surface area contributed by atoms with Gasteiger partial charge in [-0.2, -0.15) is 0 Å². The first-order chi connectivity index (χ1) is 14.5. The van der Waals surface area contributed by atoms with Gasteiger partial charge in [0.25, 0.3) is 0 Å². The molecule has 1 aliphatic carbocycles. The van der Waals surface area contributed by atoms with E-state index in [1.165, 1.54) is 11.0 Å². The molecule has 4 rings (SSSR count). The van der Waals surface area contributed by atoms with Crippen LogP contribution in [-0.2, 0) is 6.54 Å². The summed E-state index contributed by atoms with van der Waals surface area (Å²) in [6.45, 7) is 5.71. The van der Waals surface area contributed by atoms with Crippen molar-refractivity contribution in [1.29, 1.82) is 0 Å². The predicted molar refractivity (Wildman–Crippen MR) is 118 cm³/mol. The fraction of sp³-hybridized carbons (Fsp3) is 0.652. The summed E-state index contributed by atoms with van der Waals surface area (Å²) in [4.78, 5) is 27.9. The maximum Gasteiger partial charge on any atom is 0.337 e. The van der Waals surface area contributed by atoms with Gasteiger partial charge in [-0.15, -0.1) is 0 Å². The molecule has 2 heterocycles. The van der Waals surface area contributed by atoms with Gasteiger partial charge in [0.05, 0.1) is 16.6 Å². The first kappa shape index (κ1) is 21.1. The molecule has 2 fully saturated rings. The SMILES string of the molecule is CCn1c(=O)n(C(=O)NCC2CCN(CC3(O)CCCCC3)CC2)c2ccccc21. The van der Waals surface area contributed by atoms with Crippen LogP contribution in [0.25, 0.3) is 11.0 Å². The fourth-order valence-electron chi connectivity index (χ4n) is 5.15. The van der Waals surface area contributed by atoms with E-state index in [0.29, 0.717) is 24.5 Å². The summed E-state index contributed by atoms with van der Waals surface area (Å²) in [7, 11) is 0. The molecule has 2 aliphatic rings. The normalized spacial score (nSPS) is 20.5. The van der Waals surface area contributed by atoms with Crippen LogP contribution in [0.3, 0.4) is 0 Å². The Kier molecular flexibility index (Phi) is 6.29. The van der Waals surface area contributed by atoms with Crippen molar-refractivity contribution >= 4 is 17.1 Å². The zero-order valence-electron chi connectivity index (χ0n) is 18.0. The molecule has 2 N–H and O–H groups in total. The van der Waals surface area contributed by atoms with Crippen LogP contribution in [0.4, 0.5) is 4.79 Å². The minimum Gasteiger partial charge on any atom is -0.389 e. The summed E-state index contributed by atoms with van der Waals surface area (Å²) in [6, 6.07) is 7.08. The second-order valence-electron chi connectivity index (χ2n) is 9.04. The molecule has 7 heteroatoms. The summed E-state index contributed by atoms with van der Waals surface area (Å²) < 4.78 is 2.88. The Labute approximate surface area is 177 Å². The van der Waals surface area contributed by atoms with Crippen LogP contribution in [0, 0.1) is 5.92 Å². The molecule has 0 spiro atoms. The lowest BCUT2D eigenvalue weighted by Crippen LogP contribution is -2.48. The van der Waals surface area contributed by atoms with Crippen LogP contribution in [0.2, 0.25) is 0 Å². The van der Waals surface area contributed by atoms with Gasteiger partial charge in [-0.1, -0.05) is 31.4 Å². The number of imidazole rings is 1. The molecule has 30 heavy (non-hydrogen) atoms. The van der Waals surface area contributed by atoms with Gasteiger partial charge in [-0.25, -0.2) is 14.2 Å². The molecule has 1 saturated carbocycles. The number of amides is 1. The van der Waals surface area contributed by atoms with Crippen molar-refractivity contribution in [2.24, 2.45) is 5.92 Å². The van der Waals surface area contributed by atoms with Crippen molar-refractivity contribution in [1.82, 2.24) is 19.4 Å². The van der Waals surface area contributed by atoms with Gasteiger partial charge in [0, 0.05) is 19.6 Å². The quantitative estimate of drug-likeness (QED) is 0.789. The molecule has 164 valence electrons. The number of para-hydroxylation sites is 2. The van der Waals surface area contributed by atoms with E-state index in [1.807, 2.05) is 31.2 Å². The number of benzene rings is 1. The van der Waals surface area contributed by atoms with E-state index in [-0.39, 0.29) is 11.7 Å². The van der Waals surface area contributed by atoms with Gasteiger partial charge in [0.15, 0.2) is 0 Å². The van der Waals surface area contributed by atoms with E-state index >= 15 is 0 Å². The highest BCUT2D eigenvalue weighted by Gasteiger charge is 2.32. The van der Waals surface area contributed by atoms with Crippen LogP contribution < -0.4 is 11.0 Å². The third-order valence-corrected chi connectivity index (χ3v) is 6.91. The van der Waals surface area contributed by atoms with Crippen molar-refractivity contribution < 1.29 is 9.90 Å². The van der Waals surface area contributed by atoms with Crippen molar-refractivity contribution in [3.63, 3.8) is 0 Å². The average molecular weight is 415 g/mol. The fourth-order valence-corrected chi connectivity index (χ4v) is 5.15. The van der Waals surface area contributed by atoms with Gasteiger partial charge in [-0.3, -0.25) is 4.57 Å². The minimum absolute atomic E-state index is 0.285. The molecular formula is C23H34N4O3. The topological polar surface area (TPSA) is 79.5 Å². The second kappa shape index (κ2) is 8.94. The maximum absolute atomic E-state index is 12.8. The number of rotatable bonds is 5. The zero-order chi connectivity index (χ0) is 21.1. The van der Waals surface area contributed by atoms with Gasteiger partial charge in [0.2, 0.25) is 0 Å². The number of likely N-dealkylation sites (tertiary alicyclic amines) is 1. The van der Waals surface area contributed by atoms with E-state index in [2.05, 4.69) is 10.2 Å². The largest absolute Gasteiger partial charge is 0.389 e. The number of hydrogen-bond donors (Lipinski definition) is 2.